The Balaban J connectivity index is 1.48. The van der Waals surface area contributed by atoms with Crippen LogP contribution in [0.1, 0.15) is 22.3 Å². The molecule has 4 aliphatic heterocycles. The summed E-state index contributed by atoms with van der Waals surface area (Å²) < 4.78 is 3.90. The number of fused-ring (bicyclic) bond motifs is 14. The van der Waals surface area contributed by atoms with Crippen molar-refractivity contribution in [3.8, 4) is 0 Å². The number of amidine groups is 4. The summed E-state index contributed by atoms with van der Waals surface area (Å²) in [5.41, 5.74) is 4.63. The summed E-state index contributed by atoms with van der Waals surface area (Å²) in [5, 5.41) is 4.10. The van der Waals surface area contributed by atoms with Crippen molar-refractivity contribution in [2.45, 2.75) is 0 Å². The van der Waals surface area contributed by atoms with Gasteiger partial charge in [0.1, 0.15) is 22.6 Å². The molecule has 0 saturated carbocycles. The highest BCUT2D eigenvalue weighted by Gasteiger charge is 2.48. The molecule has 1 atom stereocenters. The highest BCUT2D eigenvalue weighted by molar-refractivity contribution is 6.83. The normalized spacial score (nSPS) is 18.2. The zero-order valence-electron chi connectivity index (χ0n) is 25.1. The topological polar surface area (TPSA) is 104 Å². The second-order valence-electron chi connectivity index (χ2n) is 12.1. The average molecular weight is 635 g/mol. The zero-order valence-corrected chi connectivity index (χ0v) is 26.1. The van der Waals surface area contributed by atoms with Crippen LogP contribution in [0.15, 0.2) is 157 Å². The Labute approximate surface area is 273 Å². The van der Waals surface area contributed by atoms with Gasteiger partial charge in [0, 0.05) is 49.0 Å². The van der Waals surface area contributed by atoms with E-state index in [-0.39, 0.29) is 0 Å². The molecule has 10 heteroatoms. The molecule has 4 aliphatic rings. The third-order valence-corrected chi connectivity index (χ3v) is 12.7. The molecule has 224 valence electrons. The van der Waals surface area contributed by atoms with Gasteiger partial charge in [0.15, 0.2) is 23.3 Å². The monoisotopic (exact) mass is 634 g/mol. The maximum atomic E-state index is 14.1. The first-order chi connectivity index (χ1) is 23.7. The van der Waals surface area contributed by atoms with Crippen LogP contribution >= 0.6 is 0 Å². The van der Waals surface area contributed by atoms with E-state index in [2.05, 4.69) is 0 Å². The van der Waals surface area contributed by atoms with Crippen LogP contribution < -0.4 is 16.2 Å². The predicted octanol–water partition coefficient (Wildman–Crippen LogP) is 4.77. The highest BCUT2D eigenvalue weighted by Crippen LogP contribution is 2.42. The molecule has 1 unspecified atom stereocenters. The van der Waals surface area contributed by atoms with E-state index in [4.69, 9.17) is 30.0 Å². The lowest BCUT2D eigenvalue weighted by Crippen LogP contribution is -2.67. The fraction of sp³-hybridized carbons (Fsp3) is 0. The van der Waals surface area contributed by atoms with Gasteiger partial charge in [-0.2, -0.15) is 0 Å². The number of hydrogen-bond acceptors (Lipinski definition) is 7. The Morgan fingerprint density at radius 1 is 0.375 bits per heavy atom. The van der Waals surface area contributed by atoms with Gasteiger partial charge < -0.3 is 4.80 Å². The molecule has 7 aromatic rings. The number of aromatic nitrogens is 2. The quantitative estimate of drug-likeness (QED) is 0.258. The van der Waals surface area contributed by atoms with E-state index >= 15 is 0 Å². The van der Waals surface area contributed by atoms with Crippen LogP contribution in [0.5, 0.6) is 0 Å². The summed E-state index contributed by atoms with van der Waals surface area (Å²) in [6, 6.07) is 41.9. The first kappa shape index (κ1) is 25.8. The molecule has 2 aromatic heterocycles. The molecule has 0 amide bonds. The summed E-state index contributed by atoms with van der Waals surface area (Å²) in [4.78, 5) is 45.4. The summed E-state index contributed by atoms with van der Waals surface area (Å²) in [7, 11) is -4.22. The summed E-state index contributed by atoms with van der Waals surface area (Å²) >= 11 is 0. The smallest absolute Gasteiger partial charge is 0.395 e. The van der Waals surface area contributed by atoms with Crippen molar-refractivity contribution < 1.29 is 4.80 Å². The number of aliphatic imine (C=N–C) groups is 4. The Bertz CT molecular complexity index is 2700. The largest absolute Gasteiger partial charge is 0.465 e. The summed E-state index contributed by atoms with van der Waals surface area (Å²) in [5.74, 6) is 3.25. The van der Waals surface area contributed by atoms with Gasteiger partial charge in [-0.25, -0.2) is 30.0 Å². The second-order valence-corrected chi connectivity index (χ2v) is 14.9. The third kappa shape index (κ3) is 3.22. The third-order valence-electron chi connectivity index (χ3n) is 9.54. The van der Waals surface area contributed by atoms with Gasteiger partial charge in [-0.3, -0.25) is 8.47 Å². The van der Waals surface area contributed by atoms with Crippen molar-refractivity contribution in [1.82, 2.24) is 8.47 Å². The summed E-state index contributed by atoms with van der Waals surface area (Å²) in [6.07, 6.45) is 0. The van der Waals surface area contributed by atoms with Crippen LogP contribution in [0.25, 0.3) is 21.5 Å². The average Bonchev–Trinajstić information content (AvgIpc) is 3.85. The van der Waals surface area contributed by atoms with Gasteiger partial charge in [-0.1, -0.05) is 127 Å². The van der Waals surface area contributed by atoms with Gasteiger partial charge in [-0.15, -0.1) is 0 Å². The lowest BCUT2D eigenvalue weighted by molar-refractivity contribution is 0.509. The van der Waals surface area contributed by atoms with E-state index in [9.17, 15) is 4.80 Å². The molecule has 0 radical (unpaired) electrons. The minimum absolute atomic E-state index is 0.533. The Morgan fingerprint density at radius 3 is 1.21 bits per heavy atom. The Morgan fingerprint density at radius 2 is 0.750 bits per heavy atom. The SMILES string of the molecule is O[Si]1(c2ccccc2)n2c3c4ccccc4c2N=C2N=C(N=c4c5ccccc5c(n41)=NC1=NC(=N3)c3ccccc31)c1ccccc12. The molecular formula is C38H22N8OSi. The minimum Gasteiger partial charge on any atom is -0.395 e. The predicted molar refractivity (Wildman–Crippen MR) is 189 cm³/mol. The molecule has 0 spiro atoms. The maximum Gasteiger partial charge on any atom is 0.465 e. The molecule has 9 nitrogen and oxygen atoms in total. The van der Waals surface area contributed by atoms with E-state index in [0.29, 0.717) is 46.0 Å². The molecule has 1 N–H and O–H groups in total. The molecule has 0 saturated heterocycles. The van der Waals surface area contributed by atoms with Crippen LogP contribution in [0.2, 0.25) is 0 Å². The number of rotatable bonds is 1. The molecule has 6 heterocycles. The molecular weight excluding hydrogens is 613 g/mol. The van der Waals surface area contributed by atoms with Crippen LogP contribution in [-0.4, -0.2) is 45.2 Å². The molecule has 11 rings (SSSR count). The number of nitrogens with zero attached hydrogens (tertiary/aromatic N) is 8. The van der Waals surface area contributed by atoms with Gasteiger partial charge in [-0.05, 0) is 0 Å². The van der Waals surface area contributed by atoms with Crippen molar-refractivity contribution in [2.75, 3.05) is 0 Å². The van der Waals surface area contributed by atoms with Crippen LogP contribution in [0, 0.1) is 0 Å². The van der Waals surface area contributed by atoms with Gasteiger partial charge >= 0.3 is 8.64 Å². The fourth-order valence-electron chi connectivity index (χ4n) is 7.41. The van der Waals surface area contributed by atoms with Gasteiger partial charge in [0.05, 0.1) is 0 Å². The van der Waals surface area contributed by atoms with Crippen molar-refractivity contribution in [3.63, 3.8) is 0 Å². The van der Waals surface area contributed by atoms with Crippen LogP contribution in [0.3, 0.4) is 0 Å². The van der Waals surface area contributed by atoms with Crippen molar-refractivity contribution in [3.05, 3.63) is 161 Å². The Hall–Kier alpha value is -6.36. The lowest BCUT2D eigenvalue weighted by atomic mass is 10.1. The molecule has 0 aliphatic carbocycles. The van der Waals surface area contributed by atoms with Gasteiger partial charge in [0.25, 0.3) is 0 Å². The van der Waals surface area contributed by atoms with E-state index < -0.39 is 8.64 Å². The zero-order chi connectivity index (χ0) is 31.6. The lowest BCUT2D eigenvalue weighted by Gasteiger charge is -2.30. The summed E-state index contributed by atoms with van der Waals surface area (Å²) in [6.45, 7) is 0. The van der Waals surface area contributed by atoms with Crippen LogP contribution in [0.4, 0.5) is 11.6 Å². The van der Waals surface area contributed by atoms with Gasteiger partial charge in [0.2, 0.25) is 0 Å². The first-order valence-electron chi connectivity index (χ1n) is 15.7. The maximum absolute atomic E-state index is 14.1. The Kier molecular flexibility index (Phi) is 4.90. The van der Waals surface area contributed by atoms with E-state index in [1.807, 2.05) is 136 Å². The molecule has 5 aromatic carbocycles. The van der Waals surface area contributed by atoms with E-state index in [1.165, 1.54) is 0 Å². The van der Waals surface area contributed by atoms with E-state index in [0.717, 1.165) is 49.0 Å². The second kappa shape index (κ2) is 9.13. The molecule has 0 fully saturated rings. The number of hydrogen-bond donors (Lipinski definition) is 1. The molecule has 48 heavy (non-hydrogen) atoms. The van der Waals surface area contributed by atoms with Crippen LogP contribution in [-0.2, 0) is 0 Å². The van der Waals surface area contributed by atoms with Crippen molar-refractivity contribution in [1.29, 1.82) is 0 Å². The van der Waals surface area contributed by atoms with E-state index in [1.54, 1.807) is 0 Å². The van der Waals surface area contributed by atoms with Crippen molar-refractivity contribution >= 4 is 70.4 Å². The number of benzene rings is 5. The standard InChI is InChI=1S/C38H22N8OSi/c47-48(22-12-2-1-3-13-22)45-35-27-18-8-9-19-28(27)37(45)43-33-25-16-6-7-17-26(25)34(40-33)44-38-30-21-11-10-20-29(30)36(46(38)48)42-32-24-15-5-4-14-23(24)31(39-32)41-35/h1-21,47H. The molecule has 6 bridgehead atoms. The fourth-order valence-corrected chi connectivity index (χ4v) is 10.6. The first-order valence-corrected chi connectivity index (χ1v) is 17.6. The highest BCUT2D eigenvalue weighted by atomic mass is 28.4. The van der Waals surface area contributed by atoms with Crippen molar-refractivity contribution in [2.24, 2.45) is 30.0 Å². The minimum atomic E-state index is -4.22.